The van der Waals surface area contributed by atoms with Crippen LogP contribution in [0, 0.1) is 18.6 Å². The molecule has 1 aliphatic rings. The van der Waals surface area contributed by atoms with Gasteiger partial charge in [0, 0.05) is 17.8 Å². The Morgan fingerprint density at radius 2 is 2.00 bits per heavy atom. The summed E-state index contributed by atoms with van der Waals surface area (Å²) in [6, 6.07) is 3.45. The Kier molecular flexibility index (Phi) is 3.48. The number of ether oxygens (including phenoxy) is 1. The standard InChI is InChI=1S/C15H13F2N3O2/c1-8-3-12(19-7-18-8)15(21)20-6-9(2)22-14-5-11(17)10(16)4-13(14)20/h3-5,7,9H,6H2,1-2H3. The van der Waals surface area contributed by atoms with E-state index in [2.05, 4.69) is 9.97 Å². The summed E-state index contributed by atoms with van der Waals surface area (Å²) < 4.78 is 32.3. The fraction of sp³-hybridized carbons (Fsp3) is 0.267. The number of amides is 1. The number of aromatic nitrogens is 2. The Labute approximate surface area is 125 Å². The fourth-order valence-corrected chi connectivity index (χ4v) is 2.33. The Hall–Kier alpha value is -2.57. The van der Waals surface area contributed by atoms with E-state index in [4.69, 9.17) is 4.74 Å². The highest BCUT2D eigenvalue weighted by Crippen LogP contribution is 2.35. The molecule has 1 amide bonds. The summed E-state index contributed by atoms with van der Waals surface area (Å²) in [6.45, 7) is 3.71. The van der Waals surface area contributed by atoms with E-state index >= 15 is 0 Å². The van der Waals surface area contributed by atoms with Gasteiger partial charge in [0.1, 0.15) is 23.9 Å². The number of aryl methyl sites for hydroxylation is 1. The first-order valence-corrected chi connectivity index (χ1v) is 6.72. The third-order valence-corrected chi connectivity index (χ3v) is 3.33. The van der Waals surface area contributed by atoms with Crippen LogP contribution in [0.4, 0.5) is 14.5 Å². The minimum atomic E-state index is -1.03. The van der Waals surface area contributed by atoms with E-state index in [1.54, 1.807) is 19.9 Å². The van der Waals surface area contributed by atoms with Gasteiger partial charge in [0.15, 0.2) is 11.6 Å². The number of carbonyl (C=O) groups is 1. The zero-order valence-corrected chi connectivity index (χ0v) is 12.0. The lowest BCUT2D eigenvalue weighted by molar-refractivity contribution is 0.0955. The summed E-state index contributed by atoms with van der Waals surface area (Å²) in [5, 5.41) is 0. The summed E-state index contributed by atoms with van der Waals surface area (Å²) in [4.78, 5) is 21.8. The molecule has 7 heteroatoms. The van der Waals surface area contributed by atoms with Crippen LogP contribution < -0.4 is 9.64 Å². The van der Waals surface area contributed by atoms with Crippen molar-refractivity contribution in [3.63, 3.8) is 0 Å². The highest BCUT2D eigenvalue weighted by atomic mass is 19.2. The smallest absolute Gasteiger partial charge is 0.277 e. The Morgan fingerprint density at radius 3 is 2.73 bits per heavy atom. The quantitative estimate of drug-likeness (QED) is 0.812. The second-order valence-electron chi connectivity index (χ2n) is 5.12. The number of fused-ring (bicyclic) bond motifs is 1. The van der Waals surface area contributed by atoms with Crippen LogP contribution >= 0.6 is 0 Å². The van der Waals surface area contributed by atoms with E-state index in [-0.39, 0.29) is 29.8 Å². The number of hydrogen-bond donors (Lipinski definition) is 0. The minimum absolute atomic E-state index is 0.136. The molecule has 1 atom stereocenters. The normalized spacial score (nSPS) is 16.9. The van der Waals surface area contributed by atoms with Gasteiger partial charge in [-0.05, 0) is 19.9 Å². The van der Waals surface area contributed by atoms with Crippen molar-refractivity contribution in [2.75, 3.05) is 11.4 Å². The first-order chi connectivity index (χ1) is 10.5. The van der Waals surface area contributed by atoms with Gasteiger partial charge in [-0.25, -0.2) is 18.7 Å². The molecule has 1 aliphatic heterocycles. The van der Waals surface area contributed by atoms with Crippen molar-refractivity contribution in [2.45, 2.75) is 20.0 Å². The molecular formula is C15H13F2N3O2. The molecule has 0 radical (unpaired) electrons. The molecule has 0 saturated heterocycles. The van der Waals surface area contributed by atoms with E-state index in [9.17, 15) is 13.6 Å². The molecule has 2 aromatic rings. The van der Waals surface area contributed by atoms with Gasteiger partial charge in [-0.3, -0.25) is 9.69 Å². The average Bonchev–Trinajstić information content (AvgIpc) is 2.47. The van der Waals surface area contributed by atoms with Crippen LogP contribution in [0.5, 0.6) is 5.75 Å². The number of anilines is 1. The van der Waals surface area contributed by atoms with Gasteiger partial charge in [0.05, 0.1) is 12.2 Å². The second-order valence-corrected chi connectivity index (χ2v) is 5.12. The van der Waals surface area contributed by atoms with Gasteiger partial charge in [-0.2, -0.15) is 0 Å². The number of hydrogen-bond acceptors (Lipinski definition) is 4. The molecule has 22 heavy (non-hydrogen) atoms. The zero-order valence-electron chi connectivity index (χ0n) is 12.0. The molecule has 114 valence electrons. The molecule has 0 aliphatic carbocycles. The number of nitrogens with zero attached hydrogens (tertiary/aromatic N) is 3. The predicted molar refractivity (Wildman–Crippen MR) is 74.9 cm³/mol. The van der Waals surface area contributed by atoms with Gasteiger partial charge < -0.3 is 4.74 Å². The third-order valence-electron chi connectivity index (χ3n) is 3.33. The van der Waals surface area contributed by atoms with Crippen molar-refractivity contribution in [1.82, 2.24) is 9.97 Å². The highest BCUT2D eigenvalue weighted by Gasteiger charge is 2.30. The van der Waals surface area contributed by atoms with Gasteiger partial charge in [0.25, 0.3) is 5.91 Å². The van der Waals surface area contributed by atoms with E-state index < -0.39 is 17.5 Å². The maximum absolute atomic E-state index is 13.5. The summed E-state index contributed by atoms with van der Waals surface area (Å²) in [6.07, 6.45) is 0.947. The maximum Gasteiger partial charge on any atom is 0.277 e. The summed E-state index contributed by atoms with van der Waals surface area (Å²) >= 11 is 0. The van der Waals surface area contributed by atoms with Crippen LogP contribution in [0.15, 0.2) is 24.5 Å². The largest absolute Gasteiger partial charge is 0.487 e. The molecule has 1 unspecified atom stereocenters. The molecule has 0 saturated carbocycles. The van der Waals surface area contributed by atoms with Crippen molar-refractivity contribution in [3.05, 3.63) is 47.5 Å². The second kappa shape index (κ2) is 5.32. The molecule has 1 aromatic heterocycles. The first-order valence-electron chi connectivity index (χ1n) is 6.72. The van der Waals surface area contributed by atoms with Crippen LogP contribution in [0.2, 0.25) is 0 Å². The molecule has 3 rings (SSSR count). The Balaban J connectivity index is 2.05. The van der Waals surface area contributed by atoms with Crippen LogP contribution in [-0.4, -0.2) is 28.5 Å². The number of carbonyl (C=O) groups excluding carboxylic acids is 1. The van der Waals surface area contributed by atoms with Crippen LogP contribution in [0.25, 0.3) is 0 Å². The highest BCUT2D eigenvalue weighted by molar-refractivity contribution is 6.06. The van der Waals surface area contributed by atoms with Crippen molar-refractivity contribution in [2.24, 2.45) is 0 Å². The molecule has 0 N–H and O–H groups in total. The SMILES string of the molecule is Cc1cc(C(=O)N2CC(C)Oc3cc(F)c(F)cc32)ncn1. The first kappa shape index (κ1) is 14.4. The summed E-state index contributed by atoms with van der Waals surface area (Å²) in [5.41, 5.74) is 1.03. The van der Waals surface area contributed by atoms with E-state index in [1.807, 2.05) is 0 Å². The fourth-order valence-electron chi connectivity index (χ4n) is 2.33. The zero-order chi connectivity index (χ0) is 15.9. The van der Waals surface area contributed by atoms with Gasteiger partial charge in [-0.1, -0.05) is 0 Å². The molecule has 0 fully saturated rings. The van der Waals surface area contributed by atoms with E-state index in [0.717, 1.165) is 12.1 Å². The molecule has 2 heterocycles. The number of rotatable bonds is 1. The molecule has 0 spiro atoms. The predicted octanol–water partition coefficient (Wildman–Crippen LogP) is 2.49. The lowest BCUT2D eigenvalue weighted by atomic mass is 10.1. The molecule has 5 nitrogen and oxygen atoms in total. The third kappa shape index (κ3) is 2.49. The lowest BCUT2D eigenvalue weighted by Crippen LogP contribution is -2.42. The van der Waals surface area contributed by atoms with Crippen LogP contribution in [-0.2, 0) is 0 Å². The molecule has 0 bridgehead atoms. The van der Waals surface area contributed by atoms with Crippen molar-refractivity contribution in [3.8, 4) is 5.75 Å². The Bertz CT molecular complexity index is 752. The molecule has 1 aromatic carbocycles. The van der Waals surface area contributed by atoms with Crippen LogP contribution in [0.3, 0.4) is 0 Å². The molecular weight excluding hydrogens is 292 g/mol. The average molecular weight is 305 g/mol. The number of halogens is 2. The van der Waals surface area contributed by atoms with Crippen molar-refractivity contribution < 1.29 is 18.3 Å². The van der Waals surface area contributed by atoms with Gasteiger partial charge >= 0.3 is 0 Å². The van der Waals surface area contributed by atoms with Gasteiger partial charge in [-0.15, -0.1) is 0 Å². The Morgan fingerprint density at radius 1 is 1.27 bits per heavy atom. The summed E-state index contributed by atoms with van der Waals surface area (Å²) in [7, 11) is 0. The topological polar surface area (TPSA) is 55.3 Å². The van der Waals surface area contributed by atoms with Gasteiger partial charge in [0.2, 0.25) is 0 Å². The number of benzene rings is 1. The van der Waals surface area contributed by atoms with Crippen LogP contribution in [0.1, 0.15) is 23.1 Å². The summed E-state index contributed by atoms with van der Waals surface area (Å²) in [5.74, 6) is -2.32. The van der Waals surface area contributed by atoms with E-state index in [1.165, 1.54) is 11.2 Å². The van der Waals surface area contributed by atoms with Crippen molar-refractivity contribution >= 4 is 11.6 Å². The lowest BCUT2D eigenvalue weighted by Gasteiger charge is -2.33. The minimum Gasteiger partial charge on any atom is -0.487 e. The van der Waals surface area contributed by atoms with Crippen molar-refractivity contribution in [1.29, 1.82) is 0 Å². The maximum atomic E-state index is 13.5. The monoisotopic (exact) mass is 305 g/mol. The van der Waals surface area contributed by atoms with E-state index in [0.29, 0.717) is 5.69 Å².